The zero-order valence-electron chi connectivity index (χ0n) is 11.2. The molecule has 0 radical (unpaired) electrons. The predicted molar refractivity (Wildman–Crippen MR) is 75.3 cm³/mol. The van der Waals surface area contributed by atoms with E-state index in [9.17, 15) is 9.50 Å². The number of aliphatic hydroxyl groups is 1. The maximum absolute atomic E-state index is 13.2. The number of ether oxygens (including phenoxy) is 1. The lowest BCUT2D eigenvalue weighted by molar-refractivity contribution is 0.169. The average molecular weight is 272 g/mol. The second-order valence-electron chi connectivity index (χ2n) is 5.14. The Morgan fingerprint density at radius 2 is 2.05 bits per heavy atom. The second-order valence-corrected chi connectivity index (χ2v) is 5.14. The van der Waals surface area contributed by atoms with Crippen LogP contribution in [0.3, 0.4) is 0 Å². The van der Waals surface area contributed by atoms with Gasteiger partial charge in [-0.2, -0.15) is 0 Å². The van der Waals surface area contributed by atoms with E-state index in [0.29, 0.717) is 13.0 Å². The third-order valence-corrected chi connectivity index (χ3v) is 3.64. The highest BCUT2D eigenvalue weighted by Gasteiger charge is 2.19. The van der Waals surface area contributed by atoms with Gasteiger partial charge in [-0.3, -0.25) is 0 Å². The van der Waals surface area contributed by atoms with Crippen LogP contribution in [0.1, 0.15) is 29.2 Å². The molecular formula is C17H17FO2. The van der Waals surface area contributed by atoms with Gasteiger partial charge in [0.25, 0.3) is 0 Å². The molecule has 20 heavy (non-hydrogen) atoms. The number of fused-ring (bicyclic) bond motifs is 1. The van der Waals surface area contributed by atoms with Gasteiger partial charge in [0, 0.05) is 12.0 Å². The van der Waals surface area contributed by atoms with Crippen LogP contribution in [0, 0.1) is 5.82 Å². The molecule has 0 aromatic heterocycles. The van der Waals surface area contributed by atoms with E-state index in [4.69, 9.17) is 4.74 Å². The highest BCUT2D eigenvalue weighted by molar-refractivity contribution is 5.44. The number of rotatable bonds is 3. The second kappa shape index (κ2) is 5.63. The summed E-state index contributed by atoms with van der Waals surface area (Å²) in [7, 11) is 0. The lowest BCUT2D eigenvalue weighted by Gasteiger charge is -2.22. The highest BCUT2D eigenvalue weighted by atomic mass is 19.1. The summed E-state index contributed by atoms with van der Waals surface area (Å²) in [5, 5.41) is 10.4. The Balaban J connectivity index is 1.85. The van der Waals surface area contributed by atoms with Gasteiger partial charge in [-0.05, 0) is 36.1 Å². The molecular weight excluding hydrogens is 255 g/mol. The molecule has 2 aromatic carbocycles. The molecule has 0 saturated heterocycles. The summed E-state index contributed by atoms with van der Waals surface area (Å²) in [6.45, 7) is 0.691. The SMILES string of the molecule is OC(Cc1cccc(F)c1)c1cccc2c1OCCC2. The Morgan fingerprint density at radius 1 is 1.20 bits per heavy atom. The maximum atomic E-state index is 13.2. The minimum absolute atomic E-state index is 0.277. The summed E-state index contributed by atoms with van der Waals surface area (Å²) in [6, 6.07) is 12.2. The fourth-order valence-corrected chi connectivity index (χ4v) is 2.67. The topological polar surface area (TPSA) is 29.5 Å². The van der Waals surface area contributed by atoms with Crippen molar-refractivity contribution in [3.8, 4) is 5.75 Å². The van der Waals surface area contributed by atoms with Gasteiger partial charge in [0.15, 0.2) is 0 Å². The first-order valence-electron chi connectivity index (χ1n) is 6.91. The molecule has 1 N–H and O–H groups in total. The van der Waals surface area contributed by atoms with Crippen molar-refractivity contribution in [2.45, 2.75) is 25.4 Å². The molecule has 1 unspecified atom stereocenters. The van der Waals surface area contributed by atoms with E-state index in [1.165, 1.54) is 12.1 Å². The van der Waals surface area contributed by atoms with E-state index in [0.717, 1.165) is 35.3 Å². The van der Waals surface area contributed by atoms with Gasteiger partial charge < -0.3 is 9.84 Å². The van der Waals surface area contributed by atoms with Crippen molar-refractivity contribution < 1.29 is 14.2 Å². The molecule has 0 bridgehead atoms. The van der Waals surface area contributed by atoms with Gasteiger partial charge in [-0.15, -0.1) is 0 Å². The molecule has 3 rings (SSSR count). The van der Waals surface area contributed by atoms with Crippen LogP contribution in [0.15, 0.2) is 42.5 Å². The lowest BCUT2D eigenvalue weighted by Crippen LogP contribution is -2.13. The molecule has 2 nitrogen and oxygen atoms in total. The van der Waals surface area contributed by atoms with Gasteiger partial charge in [-0.25, -0.2) is 4.39 Å². The van der Waals surface area contributed by atoms with E-state index < -0.39 is 6.10 Å². The number of aliphatic hydroxyl groups excluding tert-OH is 1. The van der Waals surface area contributed by atoms with Crippen molar-refractivity contribution in [3.63, 3.8) is 0 Å². The van der Waals surface area contributed by atoms with Gasteiger partial charge in [0.1, 0.15) is 11.6 Å². The van der Waals surface area contributed by atoms with E-state index in [2.05, 4.69) is 0 Å². The average Bonchev–Trinajstić information content (AvgIpc) is 2.46. The summed E-state index contributed by atoms with van der Waals surface area (Å²) >= 11 is 0. The maximum Gasteiger partial charge on any atom is 0.128 e. The minimum atomic E-state index is -0.676. The van der Waals surface area contributed by atoms with E-state index >= 15 is 0 Å². The number of hydrogen-bond donors (Lipinski definition) is 1. The molecule has 1 atom stereocenters. The molecule has 0 fully saturated rings. The van der Waals surface area contributed by atoms with Crippen LogP contribution >= 0.6 is 0 Å². The fraction of sp³-hybridized carbons (Fsp3) is 0.294. The molecule has 104 valence electrons. The number of aryl methyl sites for hydroxylation is 1. The van der Waals surface area contributed by atoms with E-state index in [1.807, 2.05) is 24.3 Å². The van der Waals surface area contributed by atoms with Crippen molar-refractivity contribution in [1.29, 1.82) is 0 Å². The Bertz CT molecular complexity index is 610. The number of hydrogen-bond acceptors (Lipinski definition) is 2. The largest absolute Gasteiger partial charge is 0.493 e. The summed E-state index contributed by atoms with van der Waals surface area (Å²) in [4.78, 5) is 0. The van der Waals surface area contributed by atoms with Crippen LogP contribution in [-0.4, -0.2) is 11.7 Å². The summed E-state index contributed by atoms with van der Waals surface area (Å²) in [5.41, 5.74) is 2.73. The summed E-state index contributed by atoms with van der Waals surface area (Å²) < 4.78 is 18.9. The first kappa shape index (κ1) is 13.1. The molecule has 2 aromatic rings. The van der Waals surface area contributed by atoms with Crippen molar-refractivity contribution in [2.24, 2.45) is 0 Å². The third kappa shape index (κ3) is 2.68. The van der Waals surface area contributed by atoms with Crippen LogP contribution < -0.4 is 4.74 Å². The van der Waals surface area contributed by atoms with E-state index in [-0.39, 0.29) is 5.82 Å². The van der Waals surface area contributed by atoms with Gasteiger partial charge >= 0.3 is 0 Å². The first-order valence-corrected chi connectivity index (χ1v) is 6.91. The number of para-hydroxylation sites is 1. The number of benzene rings is 2. The van der Waals surface area contributed by atoms with Crippen molar-refractivity contribution in [2.75, 3.05) is 6.61 Å². The Morgan fingerprint density at radius 3 is 2.90 bits per heavy atom. The van der Waals surface area contributed by atoms with Crippen LogP contribution in [0.5, 0.6) is 5.75 Å². The molecule has 3 heteroatoms. The standard InChI is InChI=1S/C17H17FO2/c18-14-7-1-4-12(10-14)11-16(19)15-8-2-5-13-6-3-9-20-17(13)15/h1-2,4-5,7-8,10,16,19H,3,6,9,11H2. The molecule has 1 aliphatic rings. The molecule has 1 heterocycles. The first-order chi connectivity index (χ1) is 9.74. The molecule has 0 saturated carbocycles. The predicted octanol–water partition coefficient (Wildman–Crippen LogP) is 3.43. The number of halogens is 1. The molecule has 0 amide bonds. The van der Waals surface area contributed by atoms with Crippen molar-refractivity contribution >= 4 is 0 Å². The third-order valence-electron chi connectivity index (χ3n) is 3.64. The Labute approximate surface area is 117 Å². The normalized spacial score (nSPS) is 15.3. The molecule has 0 spiro atoms. The quantitative estimate of drug-likeness (QED) is 0.927. The molecule has 1 aliphatic heterocycles. The minimum Gasteiger partial charge on any atom is -0.493 e. The summed E-state index contributed by atoms with van der Waals surface area (Å²) in [6.07, 6.45) is 1.70. The van der Waals surface area contributed by atoms with Crippen LogP contribution in [0.25, 0.3) is 0 Å². The monoisotopic (exact) mass is 272 g/mol. The van der Waals surface area contributed by atoms with Crippen LogP contribution in [-0.2, 0) is 12.8 Å². The van der Waals surface area contributed by atoms with Crippen molar-refractivity contribution in [3.05, 3.63) is 65.0 Å². The summed E-state index contributed by atoms with van der Waals surface area (Å²) in [5.74, 6) is 0.531. The smallest absolute Gasteiger partial charge is 0.128 e. The highest BCUT2D eigenvalue weighted by Crippen LogP contribution is 2.34. The Hall–Kier alpha value is -1.87. The fourth-order valence-electron chi connectivity index (χ4n) is 2.67. The van der Waals surface area contributed by atoms with Gasteiger partial charge in [0.05, 0.1) is 12.7 Å². The zero-order chi connectivity index (χ0) is 13.9. The van der Waals surface area contributed by atoms with Gasteiger partial charge in [0.2, 0.25) is 0 Å². The Kier molecular flexibility index (Phi) is 3.70. The van der Waals surface area contributed by atoms with Crippen molar-refractivity contribution in [1.82, 2.24) is 0 Å². The lowest BCUT2D eigenvalue weighted by atomic mass is 9.96. The van der Waals surface area contributed by atoms with Gasteiger partial charge in [-0.1, -0.05) is 30.3 Å². The van der Waals surface area contributed by atoms with Crippen LogP contribution in [0.4, 0.5) is 4.39 Å². The van der Waals surface area contributed by atoms with Crippen LogP contribution in [0.2, 0.25) is 0 Å². The molecule has 0 aliphatic carbocycles. The van der Waals surface area contributed by atoms with E-state index in [1.54, 1.807) is 6.07 Å². The zero-order valence-corrected chi connectivity index (χ0v) is 11.2.